The first-order chi connectivity index (χ1) is 15.8. The van der Waals surface area contributed by atoms with Crippen molar-refractivity contribution in [3.8, 4) is 0 Å². The summed E-state index contributed by atoms with van der Waals surface area (Å²) < 4.78 is 4.20. The van der Waals surface area contributed by atoms with E-state index in [1.165, 1.54) is 22.3 Å². The first-order valence-corrected chi connectivity index (χ1v) is 12.2. The SMILES string of the molecule is CC1(C)c2cccc(c2)C(C)(C)n2ccc(n2)C(C)(C)c2ccn(n2)C(C)(C)c2cccc1c2. The van der Waals surface area contributed by atoms with Gasteiger partial charge in [-0.2, -0.15) is 10.2 Å². The van der Waals surface area contributed by atoms with Crippen molar-refractivity contribution in [3.63, 3.8) is 0 Å². The number of hydrogen-bond donors (Lipinski definition) is 0. The minimum Gasteiger partial charge on any atom is -0.262 e. The summed E-state index contributed by atoms with van der Waals surface area (Å²) in [5, 5.41) is 10.2. The highest BCUT2D eigenvalue weighted by Crippen LogP contribution is 2.38. The Morgan fingerprint density at radius 3 is 1.29 bits per heavy atom. The summed E-state index contributed by atoms with van der Waals surface area (Å²) in [6.45, 7) is 18.0. The Balaban J connectivity index is 1.80. The van der Waals surface area contributed by atoms with Gasteiger partial charge in [-0.25, -0.2) is 0 Å². The molecule has 1 aliphatic heterocycles. The van der Waals surface area contributed by atoms with Crippen LogP contribution < -0.4 is 0 Å². The molecule has 0 saturated carbocycles. The summed E-state index contributed by atoms with van der Waals surface area (Å²) in [6.07, 6.45) is 4.22. The predicted octanol–water partition coefficient (Wildman–Crippen LogP) is 6.61. The monoisotopic (exact) mass is 452 g/mol. The molecule has 0 atom stereocenters. The van der Waals surface area contributed by atoms with Crippen molar-refractivity contribution in [1.29, 1.82) is 0 Å². The summed E-state index contributed by atoms with van der Waals surface area (Å²) in [4.78, 5) is 0. The molecule has 0 amide bonds. The zero-order chi connectivity index (χ0) is 24.5. The predicted molar refractivity (Wildman–Crippen MR) is 138 cm³/mol. The van der Waals surface area contributed by atoms with E-state index in [9.17, 15) is 0 Å². The quantitative estimate of drug-likeness (QED) is 0.301. The van der Waals surface area contributed by atoms with Crippen LogP contribution in [0.3, 0.4) is 0 Å². The second kappa shape index (κ2) is 7.18. The largest absolute Gasteiger partial charge is 0.262 e. The number of hydrogen-bond acceptors (Lipinski definition) is 2. The van der Waals surface area contributed by atoms with Crippen molar-refractivity contribution < 1.29 is 0 Å². The van der Waals surface area contributed by atoms with E-state index in [-0.39, 0.29) is 21.9 Å². The molecule has 2 aromatic heterocycles. The smallest absolute Gasteiger partial charge is 0.0819 e. The zero-order valence-electron chi connectivity index (χ0n) is 21.7. The van der Waals surface area contributed by atoms with Crippen molar-refractivity contribution in [1.82, 2.24) is 19.6 Å². The molecule has 0 fully saturated rings. The Hall–Kier alpha value is -3.14. The van der Waals surface area contributed by atoms with Crippen LogP contribution >= 0.6 is 0 Å². The highest BCUT2D eigenvalue weighted by atomic mass is 15.3. The lowest BCUT2D eigenvalue weighted by Crippen LogP contribution is -2.32. The summed E-state index contributed by atoms with van der Waals surface area (Å²) in [5.74, 6) is 0. The zero-order valence-corrected chi connectivity index (χ0v) is 21.7. The van der Waals surface area contributed by atoms with Crippen LogP contribution in [0.5, 0.6) is 0 Å². The van der Waals surface area contributed by atoms with Gasteiger partial charge in [-0.15, -0.1) is 0 Å². The molecule has 3 heterocycles. The van der Waals surface area contributed by atoms with Crippen LogP contribution in [0.1, 0.15) is 89.0 Å². The third-order valence-electron chi connectivity index (χ3n) is 8.19. The van der Waals surface area contributed by atoms with Crippen LogP contribution in [0.2, 0.25) is 0 Å². The van der Waals surface area contributed by atoms with E-state index >= 15 is 0 Å². The number of aromatic nitrogens is 4. The van der Waals surface area contributed by atoms with Gasteiger partial charge in [-0.1, -0.05) is 62.4 Å². The Bertz CT molecular complexity index is 1260. The van der Waals surface area contributed by atoms with Crippen LogP contribution in [-0.2, 0) is 21.9 Å². The molecular weight excluding hydrogens is 416 g/mol. The van der Waals surface area contributed by atoms with E-state index in [1.54, 1.807) is 0 Å². The average Bonchev–Trinajstić information content (AvgIpc) is 3.50. The van der Waals surface area contributed by atoms with Crippen LogP contribution in [0, 0.1) is 0 Å². The number of fused-ring (bicyclic) bond motifs is 8. The summed E-state index contributed by atoms with van der Waals surface area (Å²) in [6, 6.07) is 22.3. The van der Waals surface area contributed by atoms with Crippen molar-refractivity contribution in [2.75, 3.05) is 0 Å². The van der Waals surface area contributed by atoms with Gasteiger partial charge in [0.1, 0.15) is 0 Å². The first-order valence-electron chi connectivity index (χ1n) is 12.2. The highest BCUT2D eigenvalue weighted by Gasteiger charge is 2.35. The maximum absolute atomic E-state index is 5.09. The number of nitrogens with zero attached hydrogens (tertiary/aromatic N) is 4. The molecule has 0 aliphatic carbocycles. The van der Waals surface area contributed by atoms with Gasteiger partial charge < -0.3 is 0 Å². The summed E-state index contributed by atoms with van der Waals surface area (Å²) in [5.41, 5.74) is 6.10. The van der Waals surface area contributed by atoms with Crippen LogP contribution in [0.4, 0.5) is 0 Å². The maximum Gasteiger partial charge on any atom is 0.0819 e. The van der Waals surface area contributed by atoms with Crippen molar-refractivity contribution in [3.05, 3.63) is 107 Å². The minimum atomic E-state index is -0.314. The van der Waals surface area contributed by atoms with E-state index in [2.05, 4.69) is 138 Å². The molecule has 0 unspecified atom stereocenters. The fourth-order valence-corrected chi connectivity index (χ4v) is 5.08. The fourth-order valence-electron chi connectivity index (χ4n) is 5.08. The van der Waals surface area contributed by atoms with E-state index in [0.29, 0.717) is 0 Å². The highest BCUT2D eigenvalue weighted by molar-refractivity contribution is 5.43. The molecule has 34 heavy (non-hydrogen) atoms. The molecule has 5 rings (SSSR count). The topological polar surface area (TPSA) is 35.6 Å². The Morgan fingerprint density at radius 2 is 0.882 bits per heavy atom. The lowest BCUT2D eigenvalue weighted by atomic mass is 9.75. The van der Waals surface area contributed by atoms with Gasteiger partial charge in [-0.05, 0) is 75.9 Å². The second-order valence-electron chi connectivity index (χ2n) is 11.8. The molecule has 1 aliphatic rings. The summed E-state index contributed by atoms with van der Waals surface area (Å²) >= 11 is 0. The van der Waals surface area contributed by atoms with Crippen LogP contribution in [-0.4, -0.2) is 19.6 Å². The second-order valence-corrected chi connectivity index (χ2v) is 11.8. The van der Waals surface area contributed by atoms with Crippen molar-refractivity contribution in [2.24, 2.45) is 0 Å². The molecule has 176 valence electrons. The molecule has 8 bridgehead atoms. The standard InChI is InChI=1S/C30H36N4/c1-27(2)21-11-9-13-23(19-21)29(5,6)33-17-15-25(31-33)28(3,4)26-16-18-34(32-26)30(7,8)24-14-10-12-22(27)20-24/h9-20H,1-8H3. The van der Waals surface area contributed by atoms with Gasteiger partial charge in [0.05, 0.1) is 27.9 Å². The van der Waals surface area contributed by atoms with Crippen LogP contribution in [0.15, 0.2) is 73.1 Å². The Kier molecular flexibility index (Phi) is 4.78. The fraction of sp³-hybridized carbons (Fsp3) is 0.400. The van der Waals surface area contributed by atoms with Crippen molar-refractivity contribution in [2.45, 2.75) is 77.3 Å². The lowest BCUT2D eigenvalue weighted by molar-refractivity contribution is 0.373. The van der Waals surface area contributed by atoms with Gasteiger partial charge in [0, 0.05) is 17.8 Å². The summed E-state index contributed by atoms with van der Waals surface area (Å²) in [7, 11) is 0. The Morgan fingerprint density at radius 1 is 0.500 bits per heavy atom. The molecule has 0 saturated heterocycles. The molecule has 4 nitrogen and oxygen atoms in total. The Labute approximate surface area is 203 Å². The number of rotatable bonds is 0. The van der Waals surface area contributed by atoms with Crippen LogP contribution in [0.25, 0.3) is 0 Å². The molecule has 4 aromatic rings. The molecule has 0 N–H and O–H groups in total. The molecule has 0 radical (unpaired) electrons. The van der Waals surface area contributed by atoms with E-state index in [4.69, 9.17) is 10.2 Å². The van der Waals surface area contributed by atoms with Gasteiger partial charge >= 0.3 is 0 Å². The van der Waals surface area contributed by atoms with Gasteiger partial charge in [0.2, 0.25) is 0 Å². The first kappa shape index (κ1) is 22.6. The third-order valence-corrected chi connectivity index (χ3v) is 8.19. The number of benzene rings is 2. The van der Waals surface area contributed by atoms with Gasteiger partial charge in [-0.3, -0.25) is 9.36 Å². The molecule has 2 aromatic carbocycles. The molecule has 0 spiro atoms. The average molecular weight is 453 g/mol. The minimum absolute atomic E-state index is 0.151. The van der Waals surface area contributed by atoms with E-state index in [0.717, 1.165) is 11.4 Å². The van der Waals surface area contributed by atoms with Gasteiger partial charge in [0.15, 0.2) is 0 Å². The van der Waals surface area contributed by atoms with E-state index in [1.807, 2.05) is 0 Å². The van der Waals surface area contributed by atoms with E-state index < -0.39 is 0 Å². The van der Waals surface area contributed by atoms with Crippen molar-refractivity contribution >= 4 is 0 Å². The molecular formula is C30H36N4. The normalized spacial score (nSPS) is 19.5. The molecule has 4 heteroatoms. The van der Waals surface area contributed by atoms with Gasteiger partial charge in [0.25, 0.3) is 0 Å². The lowest BCUT2D eigenvalue weighted by Gasteiger charge is -2.33. The maximum atomic E-state index is 5.09. The third kappa shape index (κ3) is 3.26.